The van der Waals surface area contributed by atoms with Gasteiger partial charge in [-0.1, -0.05) is 13.0 Å². The predicted octanol–water partition coefficient (Wildman–Crippen LogP) is 3.98. The second kappa shape index (κ2) is 7.31. The lowest BCUT2D eigenvalue weighted by atomic mass is 10.0. The standard InChI is InChI=1S/C18H19F3N4O/c1-12-4-3-7-25(11-12)17-22-9-13(10-23-17)16(26)24-15-6-2-5-14(8-15)18(19,20)21/h2,5-6,8-10,12H,3-4,7,11H2,1H3,(H,24,26). The summed E-state index contributed by atoms with van der Waals surface area (Å²) in [6.45, 7) is 3.92. The number of benzene rings is 1. The van der Waals surface area contributed by atoms with Crippen molar-refractivity contribution >= 4 is 17.5 Å². The number of aromatic nitrogens is 2. The van der Waals surface area contributed by atoms with E-state index in [-0.39, 0.29) is 11.3 Å². The molecule has 1 amide bonds. The minimum Gasteiger partial charge on any atom is -0.341 e. The zero-order valence-corrected chi connectivity index (χ0v) is 14.3. The number of hydrogen-bond acceptors (Lipinski definition) is 4. The number of halogens is 3. The van der Waals surface area contributed by atoms with Crippen LogP contribution in [-0.2, 0) is 6.18 Å². The highest BCUT2D eigenvalue weighted by molar-refractivity contribution is 6.03. The van der Waals surface area contributed by atoms with Crippen molar-refractivity contribution in [3.8, 4) is 0 Å². The van der Waals surface area contributed by atoms with Gasteiger partial charge in [0.2, 0.25) is 5.95 Å². The zero-order valence-electron chi connectivity index (χ0n) is 14.3. The van der Waals surface area contributed by atoms with Crippen LogP contribution >= 0.6 is 0 Å². The van der Waals surface area contributed by atoms with Crippen molar-refractivity contribution in [1.82, 2.24) is 9.97 Å². The molecule has 2 heterocycles. The molecule has 1 atom stereocenters. The number of piperidine rings is 1. The van der Waals surface area contributed by atoms with Crippen molar-refractivity contribution in [3.63, 3.8) is 0 Å². The van der Waals surface area contributed by atoms with E-state index in [0.717, 1.165) is 31.6 Å². The first-order valence-corrected chi connectivity index (χ1v) is 8.38. The van der Waals surface area contributed by atoms with Gasteiger partial charge in [0, 0.05) is 31.2 Å². The molecule has 1 fully saturated rings. The van der Waals surface area contributed by atoms with Gasteiger partial charge in [-0.3, -0.25) is 4.79 Å². The number of carbonyl (C=O) groups excluding carboxylic acids is 1. The molecule has 1 unspecified atom stereocenters. The summed E-state index contributed by atoms with van der Waals surface area (Å²) in [4.78, 5) is 22.8. The van der Waals surface area contributed by atoms with Crippen molar-refractivity contribution in [2.75, 3.05) is 23.3 Å². The number of alkyl halides is 3. The van der Waals surface area contributed by atoms with Gasteiger partial charge in [-0.2, -0.15) is 13.2 Å². The molecule has 0 spiro atoms. The summed E-state index contributed by atoms with van der Waals surface area (Å²) in [5.41, 5.74) is -0.559. The van der Waals surface area contributed by atoms with E-state index >= 15 is 0 Å². The minimum absolute atomic E-state index is 0.0683. The van der Waals surface area contributed by atoms with Crippen molar-refractivity contribution in [2.24, 2.45) is 5.92 Å². The Labute approximate surface area is 149 Å². The lowest BCUT2D eigenvalue weighted by Crippen LogP contribution is -2.35. The molecule has 2 aromatic rings. The van der Waals surface area contributed by atoms with E-state index < -0.39 is 17.6 Å². The second-order valence-corrected chi connectivity index (χ2v) is 6.50. The molecule has 8 heteroatoms. The quantitative estimate of drug-likeness (QED) is 0.895. The van der Waals surface area contributed by atoms with E-state index in [4.69, 9.17) is 0 Å². The Hall–Kier alpha value is -2.64. The van der Waals surface area contributed by atoms with Gasteiger partial charge in [-0.25, -0.2) is 9.97 Å². The Balaban J connectivity index is 1.69. The summed E-state index contributed by atoms with van der Waals surface area (Å²) in [6.07, 6.45) is 0.572. The first-order valence-electron chi connectivity index (χ1n) is 8.38. The van der Waals surface area contributed by atoms with E-state index in [2.05, 4.69) is 27.1 Å². The summed E-state index contributed by atoms with van der Waals surface area (Å²) < 4.78 is 38.2. The fourth-order valence-corrected chi connectivity index (χ4v) is 2.95. The Bertz CT molecular complexity index is 777. The van der Waals surface area contributed by atoms with Gasteiger partial charge in [-0.15, -0.1) is 0 Å². The Morgan fingerprint density at radius 2 is 2.00 bits per heavy atom. The first kappa shape index (κ1) is 18.2. The van der Waals surface area contributed by atoms with E-state index in [0.29, 0.717) is 11.9 Å². The monoisotopic (exact) mass is 364 g/mol. The zero-order chi connectivity index (χ0) is 18.7. The average Bonchev–Trinajstić information content (AvgIpc) is 2.61. The van der Waals surface area contributed by atoms with Gasteiger partial charge in [-0.05, 0) is 37.0 Å². The lowest BCUT2D eigenvalue weighted by molar-refractivity contribution is -0.137. The third kappa shape index (κ3) is 4.30. The van der Waals surface area contributed by atoms with Crippen LogP contribution in [0.25, 0.3) is 0 Å². The molecule has 1 saturated heterocycles. The maximum Gasteiger partial charge on any atom is 0.416 e. The molecule has 1 aliphatic heterocycles. The first-order chi connectivity index (χ1) is 12.3. The molecule has 0 radical (unpaired) electrons. The van der Waals surface area contributed by atoms with Crippen LogP contribution in [0.4, 0.5) is 24.8 Å². The van der Waals surface area contributed by atoms with Gasteiger partial charge in [0.1, 0.15) is 0 Å². The van der Waals surface area contributed by atoms with Crippen LogP contribution in [0.15, 0.2) is 36.7 Å². The van der Waals surface area contributed by atoms with Crippen molar-refractivity contribution in [2.45, 2.75) is 25.9 Å². The highest BCUT2D eigenvalue weighted by Crippen LogP contribution is 2.30. The van der Waals surface area contributed by atoms with Gasteiger partial charge in [0.25, 0.3) is 5.91 Å². The average molecular weight is 364 g/mol. The van der Waals surface area contributed by atoms with Crippen molar-refractivity contribution < 1.29 is 18.0 Å². The Morgan fingerprint density at radius 3 is 2.65 bits per heavy atom. The summed E-state index contributed by atoms with van der Waals surface area (Å²) in [5, 5.41) is 2.44. The number of rotatable bonds is 3. The largest absolute Gasteiger partial charge is 0.416 e. The van der Waals surface area contributed by atoms with Crippen molar-refractivity contribution in [3.05, 3.63) is 47.8 Å². The molecule has 1 aromatic carbocycles. The molecular weight excluding hydrogens is 345 g/mol. The van der Waals surface area contributed by atoms with E-state index in [1.54, 1.807) is 0 Å². The van der Waals surface area contributed by atoms with Gasteiger partial charge in [0.15, 0.2) is 0 Å². The normalized spacial score (nSPS) is 17.8. The molecule has 0 saturated carbocycles. The molecule has 1 N–H and O–H groups in total. The fraction of sp³-hybridized carbons (Fsp3) is 0.389. The Kier molecular flexibility index (Phi) is 5.11. The predicted molar refractivity (Wildman–Crippen MR) is 92.0 cm³/mol. The number of carbonyl (C=O) groups is 1. The van der Waals surface area contributed by atoms with E-state index in [9.17, 15) is 18.0 Å². The van der Waals surface area contributed by atoms with Crippen LogP contribution < -0.4 is 10.2 Å². The molecule has 0 bridgehead atoms. The molecular formula is C18H19F3N4O. The third-order valence-electron chi connectivity index (χ3n) is 4.29. The lowest BCUT2D eigenvalue weighted by Gasteiger charge is -2.30. The van der Waals surface area contributed by atoms with Crippen LogP contribution in [-0.4, -0.2) is 29.0 Å². The van der Waals surface area contributed by atoms with Crippen LogP contribution in [0, 0.1) is 5.92 Å². The third-order valence-corrected chi connectivity index (χ3v) is 4.29. The maximum absolute atomic E-state index is 12.7. The summed E-state index contributed by atoms with van der Waals surface area (Å²) in [6, 6.07) is 4.49. The van der Waals surface area contributed by atoms with E-state index in [1.807, 2.05) is 0 Å². The second-order valence-electron chi connectivity index (χ2n) is 6.50. The highest BCUT2D eigenvalue weighted by atomic mass is 19.4. The van der Waals surface area contributed by atoms with Gasteiger partial charge >= 0.3 is 6.18 Å². The number of hydrogen-bond donors (Lipinski definition) is 1. The molecule has 5 nitrogen and oxygen atoms in total. The van der Waals surface area contributed by atoms with Crippen LogP contribution in [0.1, 0.15) is 35.7 Å². The molecule has 26 heavy (non-hydrogen) atoms. The van der Waals surface area contributed by atoms with Crippen LogP contribution in [0.2, 0.25) is 0 Å². The minimum atomic E-state index is -4.46. The molecule has 1 aromatic heterocycles. The van der Waals surface area contributed by atoms with Gasteiger partial charge in [0.05, 0.1) is 11.1 Å². The molecule has 0 aliphatic carbocycles. The summed E-state index contributed by atoms with van der Waals surface area (Å²) in [5.74, 6) is 0.575. The summed E-state index contributed by atoms with van der Waals surface area (Å²) in [7, 11) is 0. The number of anilines is 2. The summed E-state index contributed by atoms with van der Waals surface area (Å²) >= 11 is 0. The SMILES string of the molecule is CC1CCCN(c2ncc(C(=O)Nc3cccc(C(F)(F)F)c3)cn2)C1. The fourth-order valence-electron chi connectivity index (χ4n) is 2.95. The number of nitrogens with one attached hydrogen (secondary N) is 1. The van der Waals surface area contributed by atoms with E-state index in [1.165, 1.54) is 30.9 Å². The van der Waals surface area contributed by atoms with Crippen molar-refractivity contribution in [1.29, 1.82) is 0 Å². The van der Waals surface area contributed by atoms with Gasteiger partial charge < -0.3 is 10.2 Å². The highest BCUT2D eigenvalue weighted by Gasteiger charge is 2.30. The topological polar surface area (TPSA) is 58.1 Å². The van der Waals surface area contributed by atoms with Crippen LogP contribution in [0.3, 0.4) is 0 Å². The molecule has 1 aliphatic rings. The number of nitrogens with zero attached hydrogens (tertiary/aromatic N) is 3. The molecule has 138 valence electrons. The smallest absolute Gasteiger partial charge is 0.341 e. The Morgan fingerprint density at radius 1 is 1.27 bits per heavy atom. The number of amides is 1. The molecule has 3 rings (SSSR count). The maximum atomic E-state index is 12.7. The van der Waals surface area contributed by atoms with Crippen LogP contribution in [0.5, 0.6) is 0 Å².